The molecule has 2 aromatic carbocycles. The number of nitrogens with two attached hydrogens (primary N) is 1. The summed E-state index contributed by atoms with van der Waals surface area (Å²) in [5, 5.41) is 9.23. The van der Waals surface area contributed by atoms with Gasteiger partial charge in [0.2, 0.25) is 0 Å². The van der Waals surface area contributed by atoms with Crippen LogP contribution < -0.4 is 15.4 Å². The van der Waals surface area contributed by atoms with Gasteiger partial charge < -0.3 is 20.5 Å². The number of benzene rings is 2. The summed E-state index contributed by atoms with van der Waals surface area (Å²) in [6.45, 7) is 1.80. The standard InChI is InChI=1S/C16H18N2O3/c1-10-7-12(9-14(15(10)17)16(19)20)18(2)11-5-4-6-13(8-11)21-3/h4-9H,17H2,1-3H3,(H,19,20). The summed E-state index contributed by atoms with van der Waals surface area (Å²) in [5.74, 6) is -0.290. The van der Waals surface area contributed by atoms with Crippen LogP contribution in [-0.4, -0.2) is 25.2 Å². The van der Waals surface area contributed by atoms with Crippen LogP contribution in [0.15, 0.2) is 36.4 Å². The average molecular weight is 286 g/mol. The van der Waals surface area contributed by atoms with Crippen LogP contribution in [0.2, 0.25) is 0 Å². The molecule has 5 heteroatoms. The molecule has 0 aliphatic carbocycles. The van der Waals surface area contributed by atoms with Gasteiger partial charge in [-0.2, -0.15) is 0 Å². The number of carboxylic acid groups (broad SMARTS) is 1. The molecule has 0 aliphatic rings. The Kier molecular flexibility index (Phi) is 4.03. The quantitative estimate of drug-likeness (QED) is 0.845. The van der Waals surface area contributed by atoms with Gasteiger partial charge in [0.05, 0.1) is 12.7 Å². The summed E-state index contributed by atoms with van der Waals surface area (Å²) in [5.41, 5.74) is 8.62. The van der Waals surface area contributed by atoms with Crippen molar-refractivity contribution in [2.45, 2.75) is 6.92 Å². The highest BCUT2D eigenvalue weighted by molar-refractivity contribution is 5.96. The van der Waals surface area contributed by atoms with E-state index in [1.165, 1.54) is 0 Å². The summed E-state index contributed by atoms with van der Waals surface area (Å²) in [6.07, 6.45) is 0. The van der Waals surface area contributed by atoms with Gasteiger partial charge in [0.15, 0.2) is 0 Å². The Morgan fingerprint density at radius 1 is 1.24 bits per heavy atom. The van der Waals surface area contributed by atoms with E-state index < -0.39 is 5.97 Å². The van der Waals surface area contributed by atoms with Crippen molar-refractivity contribution in [1.82, 2.24) is 0 Å². The molecule has 0 saturated heterocycles. The molecule has 0 amide bonds. The number of aryl methyl sites for hydroxylation is 1. The first-order chi connectivity index (χ1) is 9.93. The molecule has 5 nitrogen and oxygen atoms in total. The van der Waals surface area contributed by atoms with Crippen molar-refractivity contribution >= 4 is 23.0 Å². The lowest BCUT2D eigenvalue weighted by Gasteiger charge is -2.22. The average Bonchev–Trinajstić information content (AvgIpc) is 2.48. The van der Waals surface area contributed by atoms with Crippen LogP contribution in [0, 0.1) is 6.92 Å². The topological polar surface area (TPSA) is 75.8 Å². The van der Waals surface area contributed by atoms with Gasteiger partial charge in [0.1, 0.15) is 5.75 Å². The van der Waals surface area contributed by atoms with Gasteiger partial charge in [-0.1, -0.05) is 6.07 Å². The molecule has 21 heavy (non-hydrogen) atoms. The molecular weight excluding hydrogens is 268 g/mol. The van der Waals surface area contributed by atoms with Crippen molar-refractivity contribution in [3.63, 3.8) is 0 Å². The molecule has 0 spiro atoms. The molecule has 2 aromatic rings. The second-order valence-electron chi connectivity index (χ2n) is 4.79. The van der Waals surface area contributed by atoms with Crippen LogP contribution >= 0.6 is 0 Å². The number of methoxy groups -OCH3 is 1. The predicted molar refractivity (Wildman–Crippen MR) is 83.6 cm³/mol. The zero-order chi connectivity index (χ0) is 15.6. The van der Waals surface area contributed by atoms with E-state index in [-0.39, 0.29) is 5.56 Å². The van der Waals surface area contributed by atoms with E-state index >= 15 is 0 Å². The second-order valence-corrected chi connectivity index (χ2v) is 4.79. The van der Waals surface area contributed by atoms with E-state index in [9.17, 15) is 9.90 Å². The molecule has 0 bridgehead atoms. The van der Waals surface area contributed by atoms with Crippen LogP contribution in [0.3, 0.4) is 0 Å². The summed E-state index contributed by atoms with van der Waals surface area (Å²) >= 11 is 0. The smallest absolute Gasteiger partial charge is 0.337 e. The van der Waals surface area contributed by atoms with E-state index in [1.54, 1.807) is 20.1 Å². The highest BCUT2D eigenvalue weighted by atomic mass is 16.5. The normalized spacial score (nSPS) is 10.2. The number of hydrogen-bond acceptors (Lipinski definition) is 4. The third-order valence-corrected chi connectivity index (χ3v) is 3.43. The van der Waals surface area contributed by atoms with E-state index in [0.717, 1.165) is 22.7 Å². The fraction of sp³-hybridized carbons (Fsp3) is 0.188. The lowest BCUT2D eigenvalue weighted by molar-refractivity contribution is 0.0698. The highest BCUT2D eigenvalue weighted by Gasteiger charge is 2.14. The van der Waals surface area contributed by atoms with Gasteiger partial charge in [-0.05, 0) is 36.8 Å². The lowest BCUT2D eigenvalue weighted by atomic mass is 10.1. The molecule has 0 aromatic heterocycles. The number of ether oxygens (including phenoxy) is 1. The highest BCUT2D eigenvalue weighted by Crippen LogP contribution is 2.30. The zero-order valence-corrected chi connectivity index (χ0v) is 12.3. The second kappa shape index (κ2) is 5.75. The van der Waals surface area contributed by atoms with Gasteiger partial charge in [-0.15, -0.1) is 0 Å². The maximum Gasteiger partial charge on any atom is 0.337 e. The van der Waals surface area contributed by atoms with Crippen LogP contribution in [0.1, 0.15) is 15.9 Å². The van der Waals surface area contributed by atoms with Crippen LogP contribution in [-0.2, 0) is 0 Å². The van der Waals surface area contributed by atoms with E-state index in [0.29, 0.717) is 5.69 Å². The fourth-order valence-corrected chi connectivity index (χ4v) is 2.12. The number of rotatable bonds is 4. The first-order valence-corrected chi connectivity index (χ1v) is 6.45. The third kappa shape index (κ3) is 2.91. The largest absolute Gasteiger partial charge is 0.497 e. The molecule has 0 radical (unpaired) electrons. The van der Waals surface area contributed by atoms with Gasteiger partial charge in [0.25, 0.3) is 0 Å². The molecule has 110 valence electrons. The third-order valence-electron chi connectivity index (χ3n) is 3.43. The number of hydrogen-bond donors (Lipinski definition) is 2. The molecule has 3 N–H and O–H groups in total. The number of nitrogens with zero attached hydrogens (tertiary/aromatic N) is 1. The maximum atomic E-state index is 11.3. The Morgan fingerprint density at radius 2 is 1.95 bits per heavy atom. The van der Waals surface area contributed by atoms with Gasteiger partial charge in [-0.25, -0.2) is 4.79 Å². The van der Waals surface area contributed by atoms with Crippen molar-refractivity contribution in [2.24, 2.45) is 0 Å². The first kappa shape index (κ1) is 14.7. The molecule has 0 unspecified atom stereocenters. The molecule has 0 atom stereocenters. The zero-order valence-electron chi connectivity index (χ0n) is 12.3. The fourth-order valence-electron chi connectivity index (χ4n) is 2.12. The lowest BCUT2D eigenvalue weighted by Crippen LogP contribution is -2.12. The minimum absolute atomic E-state index is 0.111. The predicted octanol–water partition coefficient (Wildman–Crippen LogP) is 3.05. The minimum atomic E-state index is -1.03. The molecule has 0 aliphatic heterocycles. The Bertz CT molecular complexity index is 683. The van der Waals surface area contributed by atoms with Crippen molar-refractivity contribution in [3.8, 4) is 5.75 Å². The van der Waals surface area contributed by atoms with Crippen LogP contribution in [0.25, 0.3) is 0 Å². The molecule has 0 heterocycles. The Hall–Kier alpha value is -2.69. The minimum Gasteiger partial charge on any atom is -0.497 e. The summed E-state index contributed by atoms with van der Waals surface area (Å²) in [6, 6.07) is 11.0. The number of anilines is 3. The summed E-state index contributed by atoms with van der Waals surface area (Å²) in [7, 11) is 3.47. The number of carboxylic acids is 1. The van der Waals surface area contributed by atoms with Gasteiger partial charge in [-0.3, -0.25) is 0 Å². The SMILES string of the molecule is COc1cccc(N(C)c2cc(C)c(N)c(C(=O)O)c2)c1. The van der Waals surface area contributed by atoms with E-state index in [1.807, 2.05) is 42.3 Å². The van der Waals surface area contributed by atoms with Crippen LogP contribution in [0.5, 0.6) is 5.75 Å². The van der Waals surface area contributed by atoms with E-state index in [4.69, 9.17) is 10.5 Å². The Morgan fingerprint density at radius 3 is 2.57 bits per heavy atom. The molecule has 2 rings (SSSR count). The maximum absolute atomic E-state index is 11.3. The monoisotopic (exact) mass is 286 g/mol. The Balaban J connectivity index is 2.47. The van der Waals surface area contributed by atoms with E-state index in [2.05, 4.69) is 0 Å². The van der Waals surface area contributed by atoms with Crippen LogP contribution in [0.4, 0.5) is 17.1 Å². The molecule has 0 fully saturated rings. The van der Waals surface area contributed by atoms with Crippen molar-refractivity contribution in [1.29, 1.82) is 0 Å². The number of nitrogen functional groups attached to an aromatic ring is 1. The number of aromatic carboxylic acids is 1. The first-order valence-electron chi connectivity index (χ1n) is 6.45. The Labute approximate surface area is 123 Å². The van der Waals surface area contributed by atoms with Crippen molar-refractivity contribution in [2.75, 3.05) is 24.8 Å². The summed E-state index contributed by atoms with van der Waals surface area (Å²) in [4.78, 5) is 13.2. The number of carbonyl (C=O) groups is 1. The molecular formula is C16H18N2O3. The van der Waals surface area contributed by atoms with Crippen molar-refractivity contribution < 1.29 is 14.6 Å². The van der Waals surface area contributed by atoms with Gasteiger partial charge in [0, 0.05) is 30.2 Å². The summed E-state index contributed by atoms with van der Waals surface area (Å²) < 4.78 is 5.20. The van der Waals surface area contributed by atoms with Gasteiger partial charge >= 0.3 is 5.97 Å². The van der Waals surface area contributed by atoms with Crippen molar-refractivity contribution in [3.05, 3.63) is 47.5 Å². The molecule has 0 saturated carbocycles.